The quantitative estimate of drug-likeness (QED) is 0.553. The molecule has 1 unspecified atom stereocenters. The van der Waals surface area contributed by atoms with E-state index in [2.05, 4.69) is 6.58 Å². The zero-order chi connectivity index (χ0) is 7.56. The molecule has 2 atom stereocenters. The molecule has 10 heavy (non-hydrogen) atoms. The van der Waals surface area contributed by atoms with E-state index in [9.17, 15) is 5.11 Å². The lowest BCUT2D eigenvalue weighted by atomic mass is 9.83. The van der Waals surface area contributed by atoms with Crippen molar-refractivity contribution in [3.8, 4) is 0 Å². The predicted octanol–water partition coefficient (Wildman–Crippen LogP) is 2.11. The van der Waals surface area contributed by atoms with E-state index in [1.807, 2.05) is 6.92 Å². The van der Waals surface area contributed by atoms with Crippen LogP contribution < -0.4 is 0 Å². The summed E-state index contributed by atoms with van der Waals surface area (Å²) in [4.78, 5) is 0. The summed E-state index contributed by atoms with van der Waals surface area (Å²) in [5, 5.41) is 9.48. The molecule has 58 valence electrons. The van der Waals surface area contributed by atoms with Crippen molar-refractivity contribution in [2.24, 2.45) is 5.92 Å². The topological polar surface area (TPSA) is 20.2 Å². The summed E-state index contributed by atoms with van der Waals surface area (Å²) in [6.07, 6.45) is 4.44. The van der Waals surface area contributed by atoms with Crippen molar-refractivity contribution in [3.05, 3.63) is 12.2 Å². The summed E-state index contributed by atoms with van der Waals surface area (Å²) < 4.78 is 0. The van der Waals surface area contributed by atoms with Gasteiger partial charge in [0.15, 0.2) is 0 Å². The first-order valence-electron chi connectivity index (χ1n) is 4.05. The van der Waals surface area contributed by atoms with Crippen molar-refractivity contribution in [1.29, 1.82) is 0 Å². The maximum absolute atomic E-state index is 9.48. The SMILES string of the molecule is C=C(C)[C@H]1CCCCC1O. The fourth-order valence-electron chi connectivity index (χ4n) is 1.69. The molecule has 0 spiro atoms. The summed E-state index contributed by atoms with van der Waals surface area (Å²) in [7, 11) is 0. The smallest absolute Gasteiger partial charge is 0.0605 e. The van der Waals surface area contributed by atoms with Crippen LogP contribution in [0.3, 0.4) is 0 Å². The Morgan fingerprint density at radius 1 is 1.40 bits per heavy atom. The van der Waals surface area contributed by atoms with Crippen molar-refractivity contribution in [2.45, 2.75) is 38.7 Å². The van der Waals surface area contributed by atoms with Gasteiger partial charge in [-0.2, -0.15) is 0 Å². The van der Waals surface area contributed by atoms with E-state index in [-0.39, 0.29) is 6.10 Å². The number of rotatable bonds is 1. The van der Waals surface area contributed by atoms with Crippen molar-refractivity contribution in [3.63, 3.8) is 0 Å². The van der Waals surface area contributed by atoms with E-state index in [0.29, 0.717) is 5.92 Å². The maximum Gasteiger partial charge on any atom is 0.0605 e. The van der Waals surface area contributed by atoms with Gasteiger partial charge < -0.3 is 5.11 Å². The fraction of sp³-hybridized carbons (Fsp3) is 0.778. The minimum atomic E-state index is -0.105. The Hall–Kier alpha value is -0.300. The molecule has 0 saturated heterocycles. The zero-order valence-corrected chi connectivity index (χ0v) is 6.64. The minimum absolute atomic E-state index is 0.105. The molecule has 0 amide bonds. The van der Waals surface area contributed by atoms with Gasteiger partial charge in [-0.3, -0.25) is 0 Å². The second-order valence-electron chi connectivity index (χ2n) is 3.30. The number of hydrogen-bond acceptors (Lipinski definition) is 1. The second kappa shape index (κ2) is 3.20. The molecule has 0 aromatic carbocycles. The predicted molar refractivity (Wildman–Crippen MR) is 42.8 cm³/mol. The maximum atomic E-state index is 9.48. The largest absolute Gasteiger partial charge is 0.393 e. The van der Waals surface area contributed by atoms with Crippen LogP contribution in [0.2, 0.25) is 0 Å². The van der Waals surface area contributed by atoms with Crippen LogP contribution in [0.15, 0.2) is 12.2 Å². The van der Waals surface area contributed by atoms with Crippen LogP contribution in [0.5, 0.6) is 0 Å². The van der Waals surface area contributed by atoms with E-state index in [0.717, 1.165) is 18.4 Å². The molecule has 1 aliphatic carbocycles. The van der Waals surface area contributed by atoms with Gasteiger partial charge in [-0.25, -0.2) is 0 Å². The Labute approximate surface area is 62.8 Å². The molecule has 1 saturated carbocycles. The van der Waals surface area contributed by atoms with Gasteiger partial charge in [0.2, 0.25) is 0 Å². The van der Waals surface area contributed by atoms with E-state index >= 15 is 0 Å². The van der Waals surface area contributed by atoms with Gasteiger partial charge in [-0.05, 0) is 19.8 Å². The Kier molecular flexibility index (Phi) is 2.50. The first-order chi connectivity index (χ1) is 4.72. The van der Waals surface area contributed by atoms with Crippen LogP contribution in [0.4, 0.5) is 0 Å². The van der Waals surface area contributed by atoms with Gasteiger partial charge in [-0.1, -0.05) is 25.0 Å². The van der Waals surface area contributed by atoms with Crippen LogP contribution in [0.1, 0.15) is 32.6 Å². The minimum Gasteiger partial charge on any atom is -0.393 e. The molecule has 1 rings (SSSR count). The lowest BCUT2D eigenvalue weighted by Gasteiger charge is -2.27. The lowest BCUT2D eigenvalue weighted by molar-refractivity contribution is 0.0877. The van der Waals surface area contributed by atoms with E-state index < -0.39 is 0 Å². The molecule has 1 fully saturated rings. The highest BCUT2D eigenvalue weighted by atomic mass is 16.3. The molecular formula is C9H16O. The third-order valence-electron chi connectivity index (χ3n) is 2.36. The molecule has 0 aromatic heterocycles. The lowest BCUT2D eigenvalue weighted by Crippen LogP contribution is -2.24. The van der Waals surface area contributed by atoms with Gasteiger partial charge in [0.05, 0.1) is 6.10 Å². The second-order valence-corrected chi connectivity index (χ2v) is 3.30. The van der Waals surface area contributed by atoms with Crippen molar-refractivity contribution >= 4 is 0 Å². The van der Waals surface area contributed by atoms with E-state index in [1.54, 1.807) is 0 Å². The molecule has 0 aromatic rings. The van der Waals surface area contributed by atoms with E-state index in [4.69, 9.17) is 0 Å². The Bertz CT molecular complexity index is 129. The molecular weight excluding hydrogens is 124 g/mol. The van der Waals surface area contributed by atoms with Crippen LogP contribution in [-0.4, -0.2) is 11.2 Å². The molecule has 1 aliphatic rings. The highest BCUT2D eigenvalue weighted by Crippen LogP contribution is 2.28. The number of aliphatic hydroxyl groups excluding tert-OH is 1. The summed E-state index contributed by atoms with van der Waals surface area (Å²) in [6.45, 7) is 5.88. The average Bonchev–Trinajstić information content (AvgIpc) is 1.88. The van der Waals surface area contributed by atoms with Crippen molar-refractivity contribution in [2.75, 3.05) is 0 Å². The van der Waals surface area contributed by atoms with Gasteiger partial charge in [0.1, 0.15) is 0 Å². The van der Waals surface area contributed by atoms with E-state index in [1.165, 1.54) is 12.8 Å². The molecule has 0 radical (unpaired) electrons. The average molecular weight is 140 g/mol. The summed E-state index contributed by atoms with van der Waals surface area (Å²) in [5.74, 6) is 0.383. The van der Waals surface area contributed by atoms with Gasteiger partial charge in [-0.15, -0.1) is 0 Å². The third-order valence-corrected chi connectivity index (χ3v) is 2.36. The first kappa shape index (κ1) is 7.80. The Morgan fingerprint density at radius 2 is 2.00 bits per heavy atom. The highest BCUT2D eigenvalue weighted by Gasteiger charge is 2.22. The number of aliphatic hydroxyl groups is 1. The van der Waals surface area contributed by atoms with Gasteiger partial charge >= 0.3 is 0 Å². The standard InChI is InChI=1S/C9H16O/c1-7(2)8-5-3-4-6-9(8)10/h8-10H,1,3-6H2,2H3/t8-,9?/m1/s1. The molecule has 0 bridgehead atoms. The Balaban J connectivity index is 2.47. The third kappa shape index (κ3) is 1.60. The van der Waals surface area contributed by atoms with Crippen molar-refractivity contribution < 1.29 is 5.11 Å². The summed E-state index contributed by atoms with van der Waals surface area (Å²) >= 11 is 0. The normalized spacial score (nSPS) is 33.8. The van der Waals surface area contributed by atoms with Crippen LogP contribution in [-0.2, 0) is 0 Å². The molecule has 0 heterocycles. The molecule has 1 nitrogen and oxygen atoms in total. The van der Waals surface area contributed by atoms with Crippen molar-refractivity contribution in [1.82, 2.24) is 0 Å². The molecule has 0 aliphatic heterocycles. The molecule has 1 heteroatoms. The van der Waals surface area contributed by atoms with Crippen LogP contribution in [0, 0.1) is 5.92 Å². The monoisotopic (exact) mass is 140 g/mol. The van der Waals surface area contributed by atoms with Gasteiger partial charge in [0.25, 0.3) is 0 Å². The summed E-state index contributed by atoms with van der Waals surface area (Å²) in [6, 6.07) is 0. The fourth-order valence-corrected chi connectivity index (χ4v) is 1.69. The summed E-state index contributed by atoms with van der Waals surface area (Å²) in [5.41, 5.74) is 1.15. The Morgan fingerprint density at radius 3 is 2.40 bits per heavy atom. The zero-order valence-electron chi connectivity index (χ0n) is 6.64. The number of hydrogen-bond donors (Lipinski definition) is 1. The van der Waals surface area contributed by atoms with Crippen LogP contribution >= 0.6 is 0 Å². The van der Waals surface area contributed by atoms with Gasteiger partial charge in [0, 0.05) is 5.92 Å². The first-order valence-corrected chi connectivity index (χ1v) is 4.05. The highest BCUT2D eigenvalue weighted by molar-refractivity contribution is 5.00. The van der Waals surface area contributed by atoms with Crippen LogP contribution in [0.25, 0.3) is 0 Å². The molecule has 1 N–H and O–H groups in total.